The Hall–Kier alpha value is -1.52. The lowest BCUT2D eigenvalue weighted by Crippen LogP contribution is -2.18. The monoisotopic (exact) mass is 250 g/mol. The average molecular weight is 250 g/mol. The van der Waals surface area contributed by atoms with E-state index in [-0.39, 0.29) is 5.92 Å². The van der Waals surface area contributed by atoms with Gasteiger partial charge in [-0.3, -0.25) is 0 Å². The summed E-state index contributed by atoms with van der Waals surface area (Å²) in [7, 11) is 1.59. The van der Waals surface area contributed by atoms with Gasteiger partial charge in [0, 0.05) is 12.0 Å². The number of methoxy groups -OCH3 is 1. The summed E-state index contributed by atoms with van der Waals surface area (Å²) in [5.41, 5.74) is 6.54. The molecule has 0 radical (unpaired) electrons. The van der Waals surface area contributed by atoms with E-state index in [1.165, 1.54) is 25.7 Å². The van der Waals surface area contributed by atoms with E-state index in [0.717, 1.165) is 11.6 Å². The highest BCUT2D eigenvalue weighted by atomic mass is 16.5. The Morgan fingerprint density at radius 2 is 1.94 bits per heavy atom. The van der Waals surface area contributed by atoms with Crippen LogP contribution in [0.4, 0.5) is 11.5 Å². The lowest BCUT2D eigenvalue weighted by Gasteiger charge is -2.17. The fourth-order valence-electron chi connectivity index (χ4n) is 2.25. The summed E-state index contributed by atoms with van der Waals surface area (Å²) < 4.78 is 5.22. The van der Waals surface area contributed by atoms with Crippen molar-refractivity contribution >= 4 is 11.5 Å². The van der Waals surface area contributed by atoms with Crippen molar-refractivity contribution in [3.05, 3.63) is 5.82 Å². The number of nitrogen functional groups attached to an aromatic ring is 1. The number of nitrogens with zero attached hydrogens (tertiary/aromatic N) is 2. The van der Waals surface area contributed by atoms with Gasteiger partial charge < -0.3 is 15.8 Å². The van der Waals surface area contributed by atoms with Gasteiger partial charge in [0.1, 0.15) is 11.5 Å². The maximum atomic E-state index is 6.03. The molecule has 18 heavy (non-hydrogen) atoms. The van der Waals surface area contributed by atoms with Crippen molar-refractivity contribution in [1.82, 2.24) is 9.97 Å². The molecule has 0 saturated heterocycles. The van der Waals surface area contributed by atoms with Gasteiger partial charge in [-0.2, -0.15) is 4.98 Å². The Bertz CT molecular complexity index is 414. The third-order valence-corrected chi connectivity index (χ3v) is 3.33. The van der Waals surface area contributed by atoms with Crippen molar-refractivity contribution in [3.8, 4) is 5.88 Å². The van der Waals surface area contributed by atoms with Crippen molar-refractivity contribution in [3.63, 3.8) is 0 Å². The molecule has 0 unspecified atom stereocenters. The molecule has 1 aliphatic rings. The van der Waals surface area contributed by atoms with Crippen LogP contribution in [0.25, 0.3) is 0 Å². The minimum atomic E-state index is 0.253. The number of anilines is 2. The molecular weight excluding hydrogens is 228 g/mol. The summed E-state index contributed by atoms with van der Waals surface area (Å²) >= 11 is 0. The highest BCUT2D eigenvalue weighted by Gasteiger charge is 2.19. The number of hydrogen-bond donors (Lipinski definition) is 2. The maximum Gasteiger partial charge on any atom is 0.242 e. The highest BCUT2D eigenvalue weighted by molar-refractivity contribution is 5.67. The topological polar surface area (TPSA) is 73.1 Å². The average Bonchev–Trinajstić information content (AvgIpc) is 2.84. The van der Waals surface area contributed by atoms with Crippen LogP contribution in [-0.4, -0.2) is 23.1 Å². The Morgan fingerprint density at radius 1 is 1.28 bits per heavy atom. The van der Waals surface area contributed by atoms with Crippen LogP contribution in [0.3, 0.4) is 0 Å². The second-order valence-corrected chi connectivity index (χ2v) is 5.13. The van der Waals surface area contributed by atoms with Crippen molar-refractivity contribution in [2.75, 3.05) is 18.2 Å². The number of nitrogens with two attached hydrogens (primary N) is 1. The number of rotatable bonds is 4. The van der Waals surface area contributed by atoms with Gasteiger partial charge in [-0.1, -0.05) is 26.7 Å². The van der Waals surface area contributed by atoms with Crippen LogP contribution in [0.1, 0.15) is 51.3 Å². The molecule has 100 valence electrons. The first-order valence-electron chi connectivity index (χ1n) is 6.59. The predicted molar refractivity (Wildman–Crippen MR) is 73.0 cm³/mol. The summed E-state index contributed by atoms with van der Waals surface area (Å²) in [6, 6.07) is 0.479. The summed E-state index contributed by atoms with van der Waals surface area (Å²) in [6.45, 7) is 4.12. The van der Waals surface area contributed by atoms with E-state index in [4.69, 9.17) is 10.5 Å². The SMILES string of the molecule is COc1nc(C(C)C)nc(NC2CCCC2)c1N. The highest BCUT2D eigenvalue weighted by Crippen LogP contribution is 2.30. The van der Waals surface area contributed by atoms with E-state index >= 15 is 0 Å². The molecule has 0 spiro atoms. The van der Waals surface area contributed by atoms with Gasteiger partial charge >= 0.3 is 0 Å². The summed E-state index contributed by atoms with van der Waals surface area (Å²) in [5.74, 6) is 2.21. The molecule has 0 bridgehead atoms. The first-order chi connectivity index (χ1) is 8.61. The van der Waals surface area contributed by atoms with Gasteiger partial charge in [0.05, 0.1) is 7.11 Å². The molecule has 1 heterocycles. The fraction of sp³-hybridized carbons (Fsp3) is 0.692. The van der Waals surface area contributed by atoms with Gasteiger partial charge in [0.25, 0.3) is 0 Å². The van der Waals surface area contributed by atoms with Gasteiger partial charge in [0.2, 0.25) is 5.88 Å². The number of aromatic nitrogens is 2. The lowest BCUT2D eigenvalue weighted by molar-refractivity contribution is 0.396. The summed E-state index contributed by atoms with van der Waals surface area (Å²) in [5, 5.41) is 3.42. The molecule has 1 aromatic heterocycles. The maximum absolute atomic E-state index is 6.03. The van der Waals surface area contributed by atoms with E-state index in [1.54, 1.807) is 7.11 Å². The molecule has 1 aromatic rings. The van der Waals surface area contributed by atoms with Gasteiger partial charge in [-0.15, -0.1) is 0 Å². The normalized spacial score (nSPS) is 16.2. The second kappa shape index (κ2) is 5.42. The van der Waals surface area contributed by atoms with Gasteiger partial charge in [-0.05, 0) is 12.8 Å². The Kier molecular flexibility index (Phi) is 3.89. The molecule has 1 fully saturated rings. The van der Waals surface area contributed by atoms with Crippen LogP contribution in [0, 0.1) is 0 Å². The minimum Gasteiger partial charge on any atom is -0.479 e. The number of hydrogen-bond acceptors (Lipinski definition) is 5. The third-order valence-electron chi connectivity index (χ3n) is 3.33. The van der Waals surface area contributed by atoms with E-state index < -0.39 is 0 Å². The molecule has 1 aliphatic carbocycles. The zero-order chi connectivity index (χ0) is 13.1. The van der Waals surface area contributed by atoms with Crippen molar-refractivity contribution in [2.24, 2.45) is 0 Å². The molecule has 1 saturated carbocycles. The molecule has 0 aliphatic heterocycles. The smallest absolute Gasteiger partial charge is 0.242 e. The Balaban J connectivity index is 2.28. The van der Waals surface area contributed by atoms with E-state index in [0.29, 0.717) is 17.6 Å². The van der Waals surface area contributed by atoms with Crippen LogP contribution in [0.5, 0.6) is 5.88 Å². The molecule has 0 amide bonds. The second-order valence-electron chi connectivity index (χ2n) is 5.13. The van der Waals surface area contributed by atoms with E-state index in [1.807, 2.05) is 0 Å². The molecule has 0 aromatic carbocycles. The Labute approximate surface area is 108 Å². The van der Waals surface area contributed by atoms with Crippen LogP contribution < -0.4 is 15.8 Å². The zero-order valence-electron chi connectivity index (χ0n) is 11.4. The molecule has 3 N–H and O–H groups in total. The van der Waals surface area contributed by atoms with E-state index in [9.17, 15) is 0 Å². The van der Waals surface area contributed by atoms with Crippen LogP contribution in [0.15, 0.2) is 0 Å². The number of nitrogens with one attached hydrogen (secondary N) is 1. The van der Waals surface area contributed by atoms with Crippen LogP contribution in [0.2, 0.25) is 0 Å². The standard InChI is InChI=1S/C13H22N4O/c1-8(2)11-16-12(10(14)13(17-11)18-3)15-9-6-4-5-7-9/h8-9H,4-7,14H2,1-3H3,(H,15,16,17). The quantitative estimate of drug-likeness (QED) is 0.859. The third kappa shape index (κ3) is 2.66. The minimum absolute atomic E-state index is 0.253. The summed E-state index contributed by atoms with van der Waals surface area (Å²) in [4.78, 5) is 8.84. The first-order valence-corrected chi connectivity index (χ1v) is 6.59. The van der Waals surface area contributed by atoms with Crippen molar-refractivity contribution < 1.29 is 4.74 Å². The van der Waals surface area contributed by atoms with E-state index in [2.05, 4.69) is 29.1 Å². The fourth-order valence-corrected chi connectivity index (χ4v) is 2.25. The number of ether oxygens (including phenoxy) is 1. The van der Waals surface area contributed by atoms with Crippen molar-refractivity contribution in [2.45, 2.75) is 51.5 Å². The molecule has 0 atom stereocenters. The molecule has 2 rings (SSSR count). The zero-order valence-corrected chi connectivity index (χ0v) is 11.4. The largest absolute Gasteiger partial charge is 0.479 e. The Morgan fingerprint density at radius 3 is 2.50 bits per heavy atom. The van der Waals surface area contributed by atoms with Gasteiger partial charge in [0.15, 0.2) is 5.82 Å². The summed E-state index contributed by atoms with van der Waals surface area (Å²) in [6.07, 6.45) is 4.92. The van der Waals surface area contributed by atoms with Crippen LogP contribution >= 0.6 is 0 Å². The lowest BCUT2D eigenvalue weighted by atomic mass is 10.2. The van der Waals surface area contributed by atoms with Crippen LogP contribution in [-0.2, 0) is 0 Å². The molecule has 5 heteroatoms. The predicted octanol–water partition coefficient (Wildman–Crippen LogP) is 2.55. The van der Waals surface area contributed by atoms with Gasteiger partial charge in [-0.25, -0.2) is 4.98 Å². The molecule has 5 nitrogen and oxygen atoms in total. The first kappa shape index (κ1) is 12.9. The van der Waals surface area contributed by atoms with Crippen molar-refractivity contribution in [1.29, 1.82) is 0 Å². The molecular formula is C13H22N4O.